The average Bonchev–Trinajstić information content (AvgIpc) is 3.18. The minimum atomic E-state index is -3.95. The Morgan fingerprint density at radius 2 is 1.86 bits per heavy atom. The molecule has 204 valence electrons. The van der Waals surface area contributed by atoms with Crippen molar-refractivity contribution in [2.75, 3.05) is 39.8 Å². The quantitative estimate of drug-likeness (QED) is 0.341. The fourth-order valence-electron chi connectivity index (χ4n) is 4.29. The van der Waals surface area contributed by atoms with Crippen LogP contribution < -0.4 is 10.3 Å². The highest BCUT2D eigenvalue weighted by Gasteiger charge is 2.26. The van der Waals surface area contributed by atoms with E-state index in [2.05, 4.69) is 15.1 Å². The van der Waals surface area contributed by atoms with Gasteiger partial charge in [-0.3, -0.25) is 4.79 Å². The van der Waals surface area contributed by atoms with Gasteiger partial charge in [0.15, 0.2) is 11.3 Å². The Morgan fingerprint density at radius 1 is 1.16 bits per heavy atom. The standard InChI is InChI=1S/C25H38N6O5S/c1-7-11-22-26-17(5)23-25(33)27-24(28-31(22)23)20-14-19(12-13-21(20)36-10-4)37(34,35)29(6)15-18(32)16-30(8-2)9-3/h12-14,18,32H,7-11,15-16H2,1-6H3,(H,27,28,33). The molecule has 0 bridgehead atoms. The Bertz CT molecular complexity index is 1380. The van der Waals surface area contributed by atoms with Crippen LogP contribution in [-0.2, 0) is 16.4 Å². The normalized spacial score (nSPS) is 13.1. The predicted molar refractivity (Wildman–Crippen MR) is 143 cm³/mol. The van der Waals surface area contributed by atoms with Crippen molar-refractivity contribution < 1.29 is 18.3 Å². The lowest BCUT2D eigenvalue weighted by atomic mass is 10.2. The number of nitrogens with one attached hydrogen (secondary N) is 1. The first-order chi connectivity index (χ1) is 17.6. The molecule has 3 rings (SSSR count). The molecular weight excluding hydrogens is 496 g/mol. The van der Waals surface area contributed by atoms with Gasteiger partial charge in [0.05, 0.1) is 28.9 Å². The molecule has 0 spiro atoms. The van der Waals surface area contributed by atoms with E-state index in [0.717, 1.165) is 23.8 Å². The van der Waals surface area contributed by atoms with Gasteiger partial charge >= 0.3 is 0 Å². The highest BCUT2D eigenvalue weighted by molar-refractivity contribution is 7.89. The highest BCUT2D eigenvalue weighted by atomic mass is 32.2. The van der Waals surface area contributed by atoms with Crippen LogP contribution in [0.15, 0.2) is 27.9 Å². The first-order valence-electron chi connectivity index (χ1n) is 12.7. The first-order valence-corrected chi connectivity index (χ1v) is 14.1. The summed E-state index contributed by atoms with van der Waals surface area (Å²) >= 11 is 0. The number of likely N-dealkylation sites (N-methyl/N-ethyl adjacent to an activating group) is 2. The maximum absolute atomic E-state index is 13.4. The number of aryl methyl sites for hydroxylation is 2. The molecule has 12 heteroatoms. The van der Waals surface area contributed by atoms with Gasteiger partial charge in [-0.25, -0.2) is 17.9 Å². The molecule has 0 saturated heterocycles. The van der Waals surface area contributed by atoms with Crippen molar-refractivity contribution in [3.05, 3.63) is 40.1 Å². The van der Waals surface area contributed by atoms with Crippen molar-refractivity contribution in [1.82, 2.24) is 28.8 Å². The Morgan fingerprint density at radius 3 is 2.49 bits per heavy atom. The van der Waals surface area contributed by atoms with E-state index in [1.807, 2.05) is 32.6 Å². The fraction of sp³-hybridized carbons (Fsp3) is 0.560. The number of aliphatic hydroxyl groups is 1. The van der Waals surface area contributed by atoms with E-state index >= 15 is 0 Å². The zero-order valence-electron chi connectivity index (χ0n) is 22.5. The van der Waals surface area contributed by atoms with Crippen LogP contribution in [0.25, 0.3) is 16.9 Å². The average molecular weight is 535 g/mol. The fourth-order valence-corrected chi connectivity index (χ4v) is 5.53. The third-order valence-corrected chi connectivity index (χ3v) is 8.08. The maximum atomic E-state index is 13.4. The molecule has 0 amide bonds. The Hall–Kier alpha value is -2.80. The molecule has 1 atom stereocenters. The predicted octanol–water partition coefficient (Wildman–Crippen LogP) is 2.07. The first kappa shape index (κ1) is 28.8. The summed E-state index contributed by atoms with van der Waals surface area (Å²) < 4.78 is 35.3. The van der Waals surface area contributed by atoms with Crippen LogP contribution in [0.2, 0.25) is 0 Å². The smallest absolute Gasteiger partial charge is 0.277 e. The lowest BCUT2D eigenvalue weighted by Crippen LogP contribution is -2.41. The van der Waals surface area contributed by atoms with Crippen LogP contribution in [0.3, 0.4) is 0 Å². The van der Waals surface area contributed by atoms with Crippen molar-refractivity contribution in [2.24, 2.45) is 0 Å². The monoisotopic (exact) mass is 534 g/mol. The van der Waals surface area contributed by atoms with E-state index in [1.54, 1.807) is 13.0 Å². The molecule has 0 saturated carbocycles. The number of hydrogen-bond donors (Lipinski definition) is 2. The third kappa shape index (κ3) is 6.20. The van der Waals surface area contributed by atoms with Crippen LogP contribution in [-0.4, -0.2) is 88.2 Å². The largest absolute Gasteiger partial charge is 0.493 e. The summed E-state index contributed by atoms with van der Waals surface area (Å²) in [5.41, 5.74) is 0.906. The Labute approximate surface area is 218 Å². The maximum Gasteiger partial charge on any atom is 0.277 e. The van der Waals surface area contributed by atoms with Gasteiger partial charge in [-0.2, -0.15) is 4.31 Å². The van der Waals surface area contributed by atoms with Gasteiger partial charge in [0.2, 0.25) is 10.0 Å². The molecular formula is C25H38N6O5S. The minimum absolute atomic E-state index is 0.00170. The summed E-state index contributed by atoms with van der Waals surface area (Å²) in [6.45, 7) is 11.8. The van der Waals surface area contributed by atoms with Crippen molar-refractivity contribution in [2.45, 2.75) is 58.5 Å². The molecule has 1 unspecified atom stereocenters. The van der Waals surface area contributed by atoms with E-state index in [1.165, 1.54) is 23.7 Å². The molecule has 0 aliphatic carbocycles. The van der Waals surface area contributed by atoms with E-state index in [9.17, 15) is 18.3 Å². The second kappa shape index (κ2) is 12.2. The Kier molecular flexibility index (Phi) is 9.46. The summed E-state index contributed by atoms with van der Waals surface area (Å²) in [6, 6.07) is 4.46. The molecule has 3 aromatic rings. The van der Waals surface area contributed by atoms with Crippen molar-refractivity contribution >= 4 is 15.5 Å². The summed E-state index contributed by atoms with van der Waals surface area (Å²) in [6.07, 6.45) is 0.620. The second-order valence-electron chi connectivity index (χ2n) is 8.94. The molecule has 0 fully saturated rings. The van der Waals surface area contributed by atoms with Crippen LogP contribution >= 0.6 is 0 Å². The number of aliphatic hydroxyl groups excluding tert-OH is 1. The van der Waals surface area contributed by atoms with Crippen LogP contribution in [0.4, 0.5) is 0 Å². The number of nitrogens with zero attached hydrogens (tertiary/aromatic N) is 5. The summed E-state index contributed by atoms with van der Waals surface area (Å²) in [5.74, 6) is 1.23. The highest BCUT2D eigenvalue weighted by Crippen LogP contribution is 2.31. The number of imidazole rings is 1. The van der Waals surface area contributed by atoms with Gasteiger partial charge in [0.25, 0.3) is 5.56 Å². The van der Waals surface area contributed by atoms with Crippen molar-refractivity contribution in [1.29, 1.82) is 0 Å². The van der Waals surface area contributed by atoms with E-state index in [0.29, 0.717) is 47.9 Å². The number of H-pyrrole nitrogens is 1. The van der Waals surface area contributed by atoms with Crippen molar-refractivity contribution in [3.8, 4) is 17.1 Å². The molecule has 0 aliphatic rings. The van der Waals surface area contributed by atoms with Gasteiger partial charge < -0.3 is 19.7 Å². The van der Waals surface area contributed by atoms with Gasteiger partial charge in [-0.1, -0.05) is 20.8 Å². The van der Waals surface area contributed by atoms with E-state index < -0.39 is 16.1 Å². The molecule has 11 nitrogen and oxygen atoms in total. The van der Waals surface area contributed by atoms with E-state index in [4.69, 9.17) is 4.74 Å². The number of aromatic amines is 1. The van der Waals surface area contributed by atoms with Gasteiger partial charge in [-0.15, -0.1) is 5.10 Å². The van der Waals surface area contributed by atoms with E-state index in [-0.39, 0.29) is 22.8 Å². The third-order valence-electron chi connectivity index (χ3n) is 6.26. The summed E-state index contributed by atoms with van der Waals surface area (Å²) in [7, 11) is -2.51. The zero-order chi connectivity index (χ0) is 27.3. The molecule has 0 radical (unpaired) electrons. The second-order valence-corrected chi connectivity index (χ2v) is 11.0. The molecule has 2 aromatic heterocycles. The lowest BCUT2D eigenvalue weighted by Gasteiger charge is -2.25. The number of sulfonamides is 1. The summed E-state index contributed by atoms with van der Waals surface area (Å²) in [5, 5.41) is 15.1. The van der Waals surface area contributed by atoms with Crippen LogP contribution in [0.5, 0.6) is 5.75 Å². The number of fused-ring (bicyclic) bond motifs is 1. The molecule has 37 heavy (non-hydrogen) atoms. The lowest BCUT2D eigenvalue weighted by molar-refractivity contribution is 0.104. The SMILES string of the molecule is CCCc1nc(C)c2c(=O)[nH]c(-c3cc(S(=O)(=O)N(C)CC(O)CN(CC)CC)ccc3OCC)nn12. The molecule has 2 N–H and O–H groups in total. The topological polar surface area (TPSA) is 133 Å². The van der Waals surface area contributed by atoms with Gasteiger partial charge in [-0.05, 0) is 51.6 Å². The number of ether oxygens (including phenoxy) is 1. The van der Waals surface area contributed by atoms with Crippen LogP contribution in [0.1, 0.15) is 45.6 Å². The van der Waals surface area contributed by atoms with Crippen LogP contribution in [0, 0.1) is 6.92 Å². The number of rotatable bonds is 13. The van der Waals surface area contributed by atoms with Gasteiger partial charge in [0.1, 0.15) is 11.6 Å². The number of aromatic nitrogens is 4. The number of benzene rings is 1. The molecule has 1 aromatic carbocycles. The Balaban J connectivity index is 2.05. The molecule has 0 aliphatic heterocycles. The van der Waals surface area contributed by atoms with Gasteiger partial charge in [0, 0.05) is 26.6 Å². The number of hydrogen-bond acceptors (Lipinski definition) is 8. The summed E-state index contributed by atoms with van der Waals surface area (Å²) in [4.78, 5) is 22.3. The zero-order valence-corrected chi connectivity index (χ0v) is 23.3. The minimum Gasteiger partial charge on any atom is -0.493 e. The van der Waals surface area contributed by atoms with Crippen molar-refractivity contribution in [3.63, 3.8) is 0 Å². The molecule has 2 heterocycles.